The highest BCUT2D eigenvalue weighted by atomic mass is 35.5. The van der Waals surface area contributed by atoms with Crippen LogP contribution in [-0.4, -0.2) is 15.1 Å². The van der Waals surface area contributed by atoms with Crippen molar-refractivity contribution < 1.29 is 5.11 Å². The van der Waals surface area contributed by atoms with E-state index in [1.807, 2.05) is 24.3 Å². The number of nitrogens with zero attached hydrogens (tertiary/aromatic N) is 2. The molecule has 1 heterocycles. The zero-order valence-electron chi connectivity index (χ0n) is 10.4. The summed E-state index contributed by atoms with van der Waals surface area (Å²) in [6.07, 6.45) is 3.27. The van der Waals surface area contributed by atoms with Crippen LogP contribution in [0.15, 0.2) is 24.3 Å². The topological polar surface area (TPSA) is 46.0 Å². The van der Waals surface area contributed by atoms with Gasteiger partial charge in [0.1, 0.15) is 5.69 Å². The smallest absolute Gasteiger partial charge is 0.153 e. The van der Waals surface area contributed by atoms with E-state index in [0.717, 1.165) is 30.3 Å². The molecule has 0 radical (unpaired) electrons. The van der Waals surface area contributed by atoms with Gasteiger partial charge in [0, 0.05) is 0 Å². The van der Waals surface area contributed by atoms with E-state index in [9.17, 15) is 5.11 Å². The van der Waals surface area contributed by atoms with Crippen molar-refractivity contribution >= 4 is 22.6 Å². The number of para-hydroxylation sites is 2. The van der Waals surface area contributed by atoms with Gasteiger partial charge in [-0.2, -0.15) is 0 Å². The molecule has 1 aromatic heterocycles. The molecule has 3 nitrogen and oxygen atoms in total. The number of rotatable bonds is 5. The van der Waals surface area contributed by atoms with Crippen molar-refractivity contribution in [1.82, 2.24) is 9.97 Å². The van der Waals surface area contributed by atoms with E-state index in [-0.39, 0.29) is 0 Å². The lowest BCUT2D eigenvalue weighted by Gasteiger charge is -2.11. The Morgan fingerprint density at radius 2 is 1.83 bits per heavy atom. The van der Waals surface area contributed by atoms with Crippen LogP contribution in [0.3, 0.4) is 0 Å². The van der Waals surface area contributed by atoms with Gasteiger partial charge in [-0.25, -0.2) is 9.97 Å². The fourth-order valence-electron chi connectivity index (χ4n) is 1.93. The van der Waals surface area contributed by atoms with Crippen molar-refractivity contribution in [2.75, 3.05) is 0 Å². The largest absolute Gasteiger partial charge is 0.387 e. The number of halogens is 1. The fourth-order valence-corrected chi connectivity index (χ4v) is 2.19. The van der Waals surface area contributed by atoms with Gasteiger partial charge in [0.2, 0.25) is 0 Å². The second-order valence-corrected chi connectivity index (χ2v) is 4.76. The predicted octanol–water partition coefficient (Wildman–Crippen LogP) is 3.90. The second kappa shape index (κ2) is 6.12. The molecule has 0 spiro atoms. The summed E-state index contributed by atoms with van der Waals surface area (Å²) in [7, 11) is 0. The van der Waals surface area contributed by atoms with Gasteiger partial charge in [-0.05, 0) is 18.6 Å². The van der Waals surface area contributed by atoms with Crippen LogP contribution in [0.2, 0.25) is 5.15 Å². The van der Waals surface area contributed by atoms with Crippen LogP contribution in [0, 0.1) is 0 Å². The number of aliphatic hydroxyl groups is 1. The molecular formula is C14H17ClN2O. The SMILES string of the molecule is CCCCC[C@H](O)c1nc2ccccc2nc1Cl. The zero-order valence-corrected chi connectivity index (χ0v) is 11.2. The molecule has 1 atom stereocenters. The van der Waals surface area contributed by atoms with Gasteiger partial charge >= 0.3 is 0 Å². The third-order valence-electron chi connectivity index (χ3n) is 2.95. The molecule has 0 unspecified atom stereocenters. The van der Waals surface area contributed by atoms with Gasteiger partial charge < -0.3 is 5.11 Å². The summed E-state index contributed by atoms with van der Waals surface area (Å²) in [5, 5.41) is 10.4. The maximum Gasteiger partial charge on any atom is 0.153 e. The van der Waals surface area contributed by atoms with Gasteiger partial charge in [-0.15, -0.1) is 0 Å². The summed E-state index contributed by atoms with van der Waals surface area (Å²) < 4.78 is 0. The molecule has 0 bridgehead atoms. The van der Waals surface area contributed by atoms with Crippen molar-refractivity contribution in [3.05, 3.63) is 35.1 Å². The Bertz CT molecular complexity index is 530. The van der Waals surface area contributed by atoms with Crippen LogP contribution in [0.4, 0.5) is 0 Å². The average Bonchev–Trinajstić information content (AvgIpc) is 2.38. The molecule has 2 aromatic rings. The van der Waals surface area contributed by atoms with Crippen molar-refractivity contribution in [3.63, 3.8) is 0 Å². The lowest BCUT2D eigenvalue weighted by molar-refractivity contribution is 0.159. The Morgan fingerprint density at radius 3 is 2.50 bits per heavy atom. The third-order valence-corrected chi connectivity index (χ3v) is 3.23. The third kappa shape index (κ3) is 2.98. The Morgan fingerprint density at radius 1 is 1.17 bits per heavy atom. The van der Waals surface area contributed by atoms with Crippen LogP contribution < -0.4 is 0 Å². The lowest BCUT2D eigenvalue weighted by atomic mass is 10.1. The van der Waals surface area contributed by atoms with E-state index in [4.69, 9.17) is 11.6 Å². The zero-order chi connectivity index (χ0) is 13.0. The highest BCUT2D eigenvalue weighted by molar-refractivity contribution is 6.30. The van der Waals surface area contributed by atoms with Gasteiger partial charge in [-0.1, -0.05) is 49.9 Å². The summed E-state index contributed by atoms with van der Waals surface area (Å²) in [5.74, 6) is 0. The molecule has 2 rings (SSSR count). The first-order valence-corrected chi connectivity index (χ1v) is 6.70. The van der Waals surface area contributed by atoms with Crippen LogP contribution in [0.5, 0.6) is 0 Å². The van der Waals surface area contributed by atoms with Crippen LogP contribution in [0.25, 0.3) is 11.0 Å². The number of aromatic nitrogens is 2. The second-order valence-electron chi connectivity index (χ2n) is 4.40. The van der Waals surface area contributed by atoms with Crippen molar-refractivity contribution in [2.24, 2.45) is 0 Å². The maximum absolute atomic E-state index is 10.1. The molecule has 4 heteroatoms. The minimum Gasteiger partial charge on any atom is -0.387 e. The highest BCUT2D eigenvalue weighted by Crippen LogP contribution is 2.25. The minimum absolute atomic E-state index is 0.303. The Kier molecular flexibility index (Phi) is 4.50. The van der Waals surface area contributed by atoms with Gasteiger partial charge in [-0.3, -0.25) is 0 Å². The molecule has 0 aliphatic heterocycles. The molecule has 0 aliphatic carbocycles. The number of hydrogen-bond acceptors (Lipinski definition) is 3. The number of hydrogen-bond donors (Lipinski definition) is 1. The monoisotopic (exact) mass is 264 g/mol. The summed E-state index contributed by atoms with van der Waals surface area (Å²) in [6, 6.07) is 7.53. The highest BCUT2D eigenvalue weighted by Gasteiger charge is 2.15. The summed E-state index contributed by atoms with van der Waals surface area (Å²) in [4.78, 5) is 8.68. The van der Waals surface area contributed by atoms with Gasteiger partial charge in [0.05, 0.1) is 17.1 Å². The van der Waals surface area contributed by atoms with Crippen LogP contribution in [0.1, 0.15) is 44.4 Å². The first-order valence-electron chi connectivity index (χ1n) is 6.32. The minimum atomic E-state index is -0.624. The molecule has 1 aromatic carbocycles. The molecule has 0 aliphatic rings. The molecule has 96 valence electrons. The number of aliphatic hydroxyl groups excluding tert-OH is 1. The number of benzene rings is 1. The van der Waals surface area contributed by atoms with Gasteiger partial charge in [0.15, 0.2) is 5.15 Å². The fraction of sp³-hybridized carbons (Fsp3) is 0.429. The van der Waals surface area contributed by atoms with Crippen molar-refractivity contribution in [3.8, 4) is 0 Å². The molecule has 0 saturated carbocycles. The Balaban J connectivity index is 2.24. The number of fused-ring (bicyclic) bond motifs is 1. The Labute approximate surface area is 112 Å². The molecule has 0 amide bonds. The van der Waals surface area contributed by atoms with Crippen molar-refractivity contribution in [1.29, 1.82) is 0 Å². The van der Waals surface area contributed by atoms with Crippen LogP contribution >= 0.6 is 11.6 Å². The van der Waals surface area contributed by atoms with E-state index < -0.39 is 6.10 Å². The van der Waals surface area contributed by atoms with Gasteiger partial charge in [0.25, 0.3) is 0 Å². The molecular weight excluding hydrogens is 248 g/mol. The first-order chi connectivity index (χ1) is 8.72. The first kappa shape index (κ1) is 13.2. The van der Waals surface area contributed by atoms with Crippen molar-refractivity contribution in [2.45, 2.75) is 38.7 Å². The summed E-state index contributed by atoms with van der Waals surface area (Å²) in [6.45, 7) is 2.13. The summed E-state index contributed by atoms with van der Waals surface area (Å²) in [5.41, 5.74) is 2.02. The normalized spacial score (nSPS) is 12.8. The summed E-state index contributed by atoms with van der Waals surface area (Å²) >= 11 is 6.08. The predicted molar refractivity (Wildman–Crippen MR) is 73.6 cm³/mol. The molecule has 0 fully saturated rings. The van der Waals surface area contributed by atoms with E-state index in [1.165, 1.54) is 0 Å². The van der Waals surface area contributed by atoms with E-state index in [0.29, 0.717) is 17.3 Å². The standard InChI is InChI=1S/C14H17ClN2O/c1-2-3-4-9-12(18)13-14(15)17-11-8-6-5-7-10(11)16-13/h5-8,12,18H,2-4,9H2,1H3/t12-/m0/s1. The maximum atomic E-state index is 10.1. The van der Waals surface area contributed by atoms with E-state index in [1.54, 1.807) is 0 Å². The van der Waals surface area contributed by atoms with Crippen LogP contribution in [-0.2, 0) is 0 Å². The Hall–Kier alpha value is -1.19. The average molecular weight is 265 g/mol. The number of unbranched alkanes of at least 4 members (excludes halogenated alkanes) is 2. The molecule has 18 heavy (non-hydrogen) atoms. The van der Waals surface area contributed by atoms with E-state index >= 15 is 0 Å². The van der Waals surface area contributed by atoms with E-state index in [2.05, 4.69) is 16.9 Å². The lowest BCUT2D eigenvalue weighted by Crippen LogP contribution is -2.03. The quantitative estimate of drug-likeness (QED) is 0.833. The molecule has 1 N–H and O–H groups in total. The molecule has 0 saturated heterocycles.